The molecule has 1 aliphatic heterocycles. The molecule has 1 unspecified atom stereocenters. The highest BCUT2D eigenvalue weighted by molar-refractivity contribution is 5.51. The van der Waals surface area contributed by atoms with Gasteiger partial charge in [0.05, 0.1) is 23.6 Å². The molecule has 0 saturated heterocycles. The molecule has 0 fully saturated rings. The number of rotatable bonds is 4. The second-order valence-corrected chi connectivity index (χ2v) is 6.53. The van der Waals surface area contributed by atoms with Crippen molar-refractivity contribution in [3.05, 3.63) is 59.5 Å². The maximum atomic E-state index is 5.93. The van der Waals surface area contributed by atoms with Gasteiger partial charge in [-0.05, 0) is 32.0 Å². The first kappa shape index (κ1) is 16.5. The van der Waals surface area contributed by atoms with Crippen LogP contribution >= 0.6 is 0 Å². The van der Waals surface area contributed by atoms with Crippen LogP contribution in [0.1, 0.15) is 29.8 Å². The van der Waals surface area contributed by atoms with E-state index in [2.05, 4.69) is 32.6 Å². The highest BCUT2D eigenvalue weighted by Crippen LogP contribution is 2.25. The van der Waals surface area contributed by atoms with Crippen molar-refractivity contribution in [3.63, 3.8) is 0 Å². The lowest BCUT2D eigenvalue weighted by atomic mass is 10.1. The number of anilines is 2. The number of para-hydroxylation sites is 1. The van der Waals surface area contributed by atoms with Crippen molar-refractivity contribution >= 4 is 11.8 Å². The van der Waals surface area contributed by atoms with E-state index >= 15 is 0 Å². The fourth-order valence-electron chi connectivity index (χ4n) is 3.25. The summed E-state index contributed by atoms with van der Waals surface area (Å²) < 4.78 is 1.88. The van der Waals surface area contributed by atoms with E-state index in [-0.39, 0.29) is 6.04 Å². The summed E-state index contributed by atoms with van der Waals surface area (Å²) in [5, 5.41) is 11.4. The van der Waals surface area contributed by atoms with Crippen LogP contribution in [0.4, 0.5) is 11.8 Å². The van der Waals surface area contributed by atoms with Crippen molar-refractivity contribution < 1.29 is 0 Å². The predicted octanol–water partition coefficient (Wildman–Crippen LogP) is 2.11. The Morgan fingerprint density at radius 2 is 1.96 bits per heavy atom. The molecule has 4 N–H and O–H groups in total. The number of hydrogen-bond donors (Lipinski definition) is 3. The fourth-order valence-corrected chi connectivity index (χ4v) is 3.25. The lowest BCUT2D eigenvalue weighted by Crippen LogP contribution is -2.16. The Morgan fingerprint density at radius 3 is 2.81 bits per heavy atom. The first-order valence-corrected chi connectivity index (χ1v) is 8.93. The van der Waals surface area contributed by atoms with E-state index in [0.717, 1.165) is 54.3 Å². The van der Waals surface area contributed by atoms with Crippen molar-refractivity contribution in [2.24, 2.45) is 0 Å². The maximum Gasteiger partial charge on any atom is 0.222 e. The fraction of sp³-hybridized carbons (Fsp3) is 0.316. The smallest absolute Gasteiger partial charge is 0.222 e. The first-order valence-electron chi connectivity index (χ1n) is 8.93. The normalized spacial score (nSPS) is 15.1. The number of nitrogens with one attached hydrogen (secondary N) is 2. The lowest BCUT2D eigenvalue weighted by molar-refractivity contribution is 0.708. The molecule has 26 heavy (non-hydrogen) atoms. The van der Waals surface area contributed by atoms with Crippen LogP contribution in [0.3, 0.4) is 0 Å². The molecule has 3 heterocycles. The Balaban J connectivity index is 1.58. The van der Waals surface area contributed by atoms with Crippen LogP contribution in [0, 0.1) is 0 Å². The molecule has 1 aliphatic rings. The monoisotopic (exact) mass is 349 g/mol. The summed E-state index contributed by atoms with van der Waals surface area (Å²) in [6.07, 6.45) is 5.69. The van der Waals surface area contributed by atoms with E-state index in [4.69, 9.17) is 5.73 Å². The molecule has 1 aromatic carbocycles. The third-order valence-electron chi connectivity index (χ3n) is 4.68. The third kappa shape index (κ3) is 3.39. The molecular formula is C19H23N7. The van der Waals surface area contributed by atoms with Gasteiger partial charge in [0.1, 0.15) is 5.82 Å². The zero-order valence-electron chi connectivity index (χ0n) is 14.8. The molecule has 3 aromatic rings. The number of nitrogen functional groups attached to an aromatic ring is 1. The summed E-state index contributed by atoms with van der Waals surface area (Å²) in [7, 11) is 0. The van der Waals surface area contributed by atoms with E-state index in [0.29, 0.717) is 5.95 Å². The summed E-state index contributed by atoms with van der Waals surface area (Å²) in [5.74, 6) is 1.15. The number of aromatic nitrogens is 4. The van der Waals surface area contributed by atoms with Crippen molar-refractivity contribution in [1.29, 1.82) is 0 Å². The van der Waals surface area contributed by atoms with Gasteiger partial charge in [-0.25, -0.2) is 9.67 Å². The Labute approximate surface area is 152 Å². The van der Waals surface area contributed by atoms with E-state index in [1.807, 2.05) is 47.4 Å². The zero-order chi connectivity index (χ0) is 17.9. The first-order chi connectivity index (χ1) is 12.7. The Hall–Kier alpha value is -2.93. The molecule has 2 aromatic heterocycles. The van der Waals surface area contributed by atoms with Gasteiger partial charge in [-0.1, -0.05) is 18.2 Å². The van der Waals surface area contributed by atoms with Crippen LogP contribution in [-0.2, 0) is 12.8 Å². The van der Waals surface area contributed by atoms with Gasteiger partial charge >= 0.3 is 0 Å². The topological polar surface area (TPSA) is 93.7 Å². The van der Waals surface area contributed by atoms with Crippen LogP contribution in [-0.4, -0.2) is 32.8 Å². The molecule has 0 aliphatic carbocycles. The van der Waals surface area contributed by atoms with Crippen LogP contribution < -0.4 is 16.4 Å². The molecule has 0 radical (unpaired) electrons. The van der Waals surface area contributed by atoms with E-state index in [1.54, 1.807) is 0 Å². The van der Waals surface area contributed by atoms with Crippen LogP contribution in [0.25, 0.3) is 5.69 Å². The van der Waals surface area contributed by atoms with Crippen molar-refractivity contribution in [3.8, 4) is 5.69 Å². The number of fused-ring (bicyclic) bond motifs is 1. The van der Waals surface area contributed by atoms with Crippen molar-refractivity contribution in [2.45, 2.75) is 25.8 Å². The molecule has 7 heteroatoms. The highest BCUT2D eigenvalue weighted by atomic mass is 15.3. The van der Waals surface area contributed by atoms with E-state index < -0.39 is 0 Å². The number of nitrogens with two attached hydrogens (primary N) is 1. The predicted molar refractivity (Wildman–Crippen MR) is 102 cm³/mol. The summed E-state index contributed by atoms with van der Waals surface area (Å²) in [4.78, 5) is 8.89. The average molecular weight is 349 g/mol. The zero-order valence-corrected chi connectivity index (χ0v) is 14.8. The second kappa shape index (κ2) is 7.13. The minimum absolute atomic E-state index is 0.0575. The third-order valence-corrected chi connectivity index (χ3v) is 4.68. The number of benzene rings is 1. The van der Waals surface area contributed by atoms with Gasteiger partial charge in [-0.3, -0.25) is 0 Å². The number of hydrogen-bond acceptors (Lipinski definition) is 6. The summed E-state index contributed by atoms with van der Waals surface area (Å²) in [6.45, 7) is 3.95. The van der Waals surface area contributed by atoms with Gasteiger partial charge in [0.2, 0.25) is 5.95 Å². The molecule has 7 nitrogen and oxygen atoms in total. The molecule has 0 saturated carbocycles. The molecule has 1 atom stereocenters. The largest absolute Gasteiger partial charge is 0.368 e. The second-order valence-electron chi connectivity index (χ2n) is 6.53. The summed E-state index contributed by atoms with van der Waals surface area (Å²) in [5.41, 5.74) is 10.3. The molecule has 0 amide bonds. The molecular weight excluding hydrogens is 326 g/mol. The van der Waals surface area contributed by atoms with Crippen LogP contribution in [0.2, 0.25) is 0 Å². The van der Waals surface area contributed by atoms with Crippen molar-refractivity contribution in [2.75, 3.05) is 24.1 Å². The number of nitrogens with zero attached hydrogens (tertiary/aromatic N) is 4. The van der Waals surface area contributed by atoms with Gasteiger partial charge < -0.3 is 16.4 Å². The van der Waals surface area contributed by atoms with Crippen LogP contribution in [0.5, 0.6) is 0 Å². The summed E-state index contributed by atoms with van der Waals surface area (Å²) >= 11 is 0. The maximum absolute atomic E-state index is 5.93. The van der Waals surface area contributed by atoms with Gasteiger partial charge in [0.25, 0.3) is 0 Å². The minimum Gasteiger partial charge on any atom is -0.368 e. The Kier molecular flexibility index (Phi) is 4.53. The van der Waals surface area contributed by atoms with Gasteiger partial charge in [0.15, 0.2) is 0 Å². The highest BCUT2D eigenvalue weighted by Gasteiger charge is 2.18. The van der Waals surface area contributed by atoms with E-state index in [9.17, 15) is 0 Å². The van der Waals surface area contributed by atoms with E-state index in [1.165, 1.54) is 0 Å². The van der Waals surface area contributed by atoms with Crippen molar-refractivity contribution in [1.82, 2.24) is 25.1 Å². The minimum atomic E-state index is 0.0575. The Bertz CT molecular complexity index is 888. The lowest BCUT2D eigenvalue weighted by Gasteiger charge is -2.17. The van der Waals surface area contributed by atoms with Gasteiger partial charge in [0, 0.05) is 30.3 Å². The van der Waals surface area contributed by atoms with Gasteiger partial charge in [-0.15, -0.1) is 0 Å². The van der Waals surface area contributed by atoms with Gasteiger partial charge in [-0.2, -0.15) is 10.1 Å². The molecule has 4 rings (SSSR count). The Morgan fingerprint density at radius 1 is 1.15 bits per heavy atom. The quantitative estimate of drug-likeness (QED) is 0.668. The summed E-state index contributed by atoms with van der Waals surface area (Å²) in [6, 6.07) is 10.1. The molecule has 0 spiro atoms. The van der Waals surface area contributed by atoms with Crippen LogP contribution in [0.15, 0.2) is 42.7 Å². The molecule has 0 bridgehead atoms. The molecule has 134 valence electrons. The SMILES string of the molecule is CC(Nc1nc(N)nc2c1CCNCC2)c1cnn(-c2ccccc2)c1. The average Bonchev–Trinajstić information content (AvgIpc) is 3.03. The standard InChI is InChI=1S/C19H23N7/c1-13(14-11-22-26(12-14)15-5-3-2-4-6-15)23-18-16-7-9-21-10-8-17(16)24-19(20)25-18/h2-6,11-13,21H,7-10H2,1H3,(H3,20,23,24,25).